The lowest BCUT2D eigenvalue weighted by molar-refractivity contribution is 0.602. The minimum Gasteiger partial charge on any atom is -0.294 e. The maximum absolute atomic E-state index is 11.5. The van der Waals surface area contributed by atoms with Gasteiger partial charge in [-0.2, -0.15) is 0 Å². The van der Waals surface area contributed by atoms with Crippen molar-refractivity contribution in [2.75, 3.05) is 11.7 Å². The molecule has 0 saturated heterocycles. The third-order valence-corrected chi connectivity index (χ3v) is 3.30. The van der Waals surface area contributed by atoms with Gasteiger partial charge in [-0.3, -0.25) is 10.1 Å². The lowest BCUT2D eigenvalue weighted by Gasteiger charge is -2.11. The molecule has 0 radical (unpaired) electrons. The molecule has 0 aliphatic rings. The summed E-state index contributed by atoms with van der Waals surface area (Å²) in [7, 11) is -3.21. The van der Waals surface area contributed by atoms with Crippen molar-refractivity contribution in [3.05, 3.63) is 48.8 Å². The topological polar surface area (TPSA) is 51.1 Å². The zero-order valence-corrected chi connectivity index (χ0v) is 9.61. The van der Waals surface area contributed by atoms with Gasteiger partial charge < -0.3 is 0 Å². The summed E-state index contributed by atoms with van der Waals surface area (Å²) in [5.41, 5.74) is 3.57. The molecular weight excluding hydrogens is 224 g/mol. The van der Waals surface area contributed by atoms with E-state index in [1.54, 1.807) is 41.3 Å². The zero-order valence-electron chi connectivity index (χ0n) is 8.79. The van der Waals surface area contributed by atoms with Crippen LogP contribution in [0.2, 0.25) is 0 Å². The van der Waals surface area contributed by atoms with Gasteiger partial charge in [-0.25, -0.2) is 8.42 Å². The van der Waals surface area contributed by atoms with Crippen molar-refractivity contribution in [2.24, 2.45) is 0 Å². The fourth-order valence-corrected chi connectivity index (χ4v) is 2.27. The third-order valence-electron chi connectivity index (χ3n) is 2.14. The summed E-state index contributed by atoms with van der Waals surface area (Å²) < 4.78 is 24.8. The first-order valence-electron chi connectivity index (χ1n) is 4.76. The molecule has 0 aliphatic heterocycles. The number of benzene rings is 1. The van der Waals surface area contributed by atoms with Crippen LogP contribution in [0, 0.1) is 0 Å². The number of sulfone groups is 1. The van der Waals surface area contributed by atoms with Gasteiger partial charge in [0.15, 0.2) is 9.84 Å². The number of rotatable bonds is 3. The van der Waals surface area contributed by atoms with E-state index in [4.69, 9.17) is 0 Å². The summed E-state index contributed by atoms with van der Waals surface area (Å²) in [5, 5.41) is 0. The molecule has 0 bridgehead atoms. The first-order valence-corrected chi connectivity index (χ1v) is 6.65. The van der Waals surface area contributed by atoms with E-state index in [0.717, 1.165) is 0 Å². The Balaban J connectivity index is 2.42. The maximum atomic E-state index is 11.5. The Labute approximate surface area is 94.4 Å². The zero-order chi connectivity index (χ0) is 11.6. The quantitative estimate of drug-likeness (QED) is 0.883. The molecule has 4 nitrogen and oxygen atoms in total. The monoisotopic (exact) mass is 236 g/mol. The van der Waals surface area contributed by atoms with Gasteiger partial charge in [-0.15, -0.1) is 0 Å². The Bertz CT molecular complexity index is 574. The molecule has 1 N–H and O–H groups in total. The van der Waals surface area contributed by atoms with Crippen molar-refractivity contribution >= 4 is 15.5 Å². The molecule has 0 spiro atoms. The standard InChI is InChI=1S/C11H12N2O2S/c1-16(14,15)11-7-3-2-6-10(11)12-13-8-4-5-9-13/h2-9,12H,1H3. The minimum absolute atomic E-state index is 0.295. The van der Waals surface area contributed by atoms with Crippen molar-refractivity contribution in [2.45, 2.75) is 4.90 Å². The number of hydrogen-bond donors (Lipinski definition) is 1. The highest BCUT2D eigenvalue weighted by molar-refractivity contribution is 7.90. The second-order valence-electron chi connectivity index (χ2n) is 3.47. The number of para-hydroxylation sites is 1. The van der Waals surface area contributed by atoms with Gasteiger partial charge in [0.2, 0.25) is 0 Å². The number of nitrogens with zero attached hydrogens (tertiary/aromatic N) is 1. The van der Waals surface area contributed by atoms with Gasteiger partial charge in [0.1, 0.15) is 0 Å². The molecule has 0 aliphatic carbocycles. The second-order valence-corrected chi connectivity index (χ2v) is 5.45. The van der Waals surface area contributed by atoms with E-state index in [0.29, 0.717) is 10.6 Å². The Hall–Kier alpha value is -1.75. The van der Waals surface area contributed by atoms with Crippen LogP contribution in [0.5, 0.6) is 0 Å². The molecule has 0 atom stereocenters. The normalized spacial score (nSPS) is 11.3. The summed E-state index contributed by atoms with van der Waals surface area (Å²) in [5.74, 6) is 0. The van der Waals surface area contributed by atoms with E-state index in [2.05, 4.69) is 5.43 Å². The first kappa shape index (κ1) is 10.8. The molecule has 84 valence electrons. The predicted octanol–water partition coefficient (Wildman–Crippen LogP) is 1.77. The number of aromatic nitrogens is 1. The second kappa shape index (κ2) is 4.02. The average molecular weight is 236 g/mol. The molecule has 16 heavy (non-hydrogen) atoms. The van der Waals surface area contributed by atoms with Crippen LogP contribution in [-0.4, -0.2) is 19.3 Å². The predicted molar refractivity (Wildman–Crippen MR) is 63.0 cm³/mol. The van der Waals surface area contributed by atoms with E-state index in [-0.39, 0.29) is 0 Å². The van der Waals surface area contributed by atoms with E-state index < -0.39 is 9.84 Å². The van der Waals surface area contributed by atoms with Crippen LogP contribution in [0.15, 0.2) is 53.7 Å². The SMILES string of the molecule is CS(=O)(=O)c1ccccc1Nn1cccc1. The van der Waals surface area contributed by atoms with Crippen molar-refractivity contribution < 1.29 is 8.42 Å². The Kier molecular flexibility index (Phi) is 2.70. The number of hydrogen-bond acceptors (Lipinski definition) is 3. The van der Waals surface area contributed by atoms with Crippen LogP contribution in [0.1, 0.15) is 0 Å². The van der Waals surface area contributed by atoms with Crippen LogP contribution in [0.25, 0.3) is 0 Å². The number of nitrogens with one attached hydrogen (secondary N) is 1. The fourth-order valence-electron chi connectivity index (χ4n) is 1.43. The molecule has 1 aromatic heterocycles. The highest BCUT2D eigenvalue weighted by Gasteiger charge is 2.11. The Morgan fingerprint density at radius 2 is 1.69 bits per heavy atom. The van der Waals surface area contributed by atoms with Crippen LogP contribution < -0.4 is 5.43 Å². The van der Waals surface area contributed by atoms with Crippen LogP contribution in [0.3, 0.4) is 0 Å². The summed E-state index contributed by atoms with van der Waals surface area (Å²) in [4.78, 5) is 0.295. The smallest absolute Gasteiger partial charge is 0.177 e. The molecule has 2 aromatic rings. The maximum Gasteiger partial charge on any atom is 0.177 e. The minimum atomic E-state index is -3.21. The molecule has 1 heterocycles. The van der Waals surface area contributed by atoms with Crippen LogP contribution >= 0.6 is 0 Å². The lowest BCUT2D eigenvalue weighted by atomic mass is 10.3. The first-order chi connectivity index (χ1) is 7.57. The largest absolute Gasteiger partial charge is 0.294 e. The van der Waals surface area contributed by atoms with Gasteiger partial charge >= 0.3 is 0 Å². The average Bonchev–Trinajstić information content (AvgIpc) is 2.70. The molecule has 1 aromatic carbocycles. The highest BCUT2D eigenvalue weighted by Crippen LogP contribution is 2.20. The molecule has 2 rings (SSSR count). The Morgan fingerprint density at radius 3 is 2.31 bits per heavy atom. The molecule has 5 heteroatoms. The van der Waals surface area contributed by atoms with Gasteiger partial charge in [-0.1, -0.05) is 12.1 Å². The highest BCUT2D eigenvalue weighted by atomic mass is 32.2. The van der Waals surface area contributed by atoms with Crippen LogP contribution in [-0.2, 0) is 9.84 Å². The summed E-state index contributed by atoms with van der Waals surface area (Å²) in [6.07, 6.45) is 4.81. The lowest BCUT2D eigenvalue weighted by Crippen LogP contribution is -2.10. The third kappa shape index (κ3) is 2.25. The summed E-state index contributed by atoms with van der Waals surface area (Å²) in [6, 6.07) is 10.5. The fraction of sp³-hybridized carbons (Fsp3) is 0.0909. The number of anilines is 1. The van der Waals surface area contributed by atoms with Gasteiger partial charge in [0.05, 0.1) is 10.6 Å². The van der Waals surface area contributed by atoms with Gasteiger partial charge in [-0.05, 0) is 24.3 Å². The summed E-state index contributed by atoms with van der Waals surface area (Å²) in [6.45, 7) is 0. The molecular formula is C11H12N2O2S. The molecule has 0 fully saturated rings. The van der Waals surface area contributed by atoms with Crippen molar-refractivity contribution in [3.63, 3.8) is 0 Å². The van der Waals surface area contributed by atoms with Gasteiger partial charge in [0, 0.05) is 18.6 Å². The van der Waals surface area contributed by atoms with Crippen molar-refractivity contribution in [3.8, 4) is 0 Å². The van der Waals surface area contributed by atoms with Crippen molar-refractivity contribution in [1.29, 1.82) is 0 Å². The van der Waals surface area contributed by atoms with E-state index in [1.165, 1.54) is 6.26 Å². The van der Waals surface area contributed by atoms with Crippen LogP contribution in [0.4, 0.5) is 5.69 Å². The molecule has 0 saturated carbocycles. The van der Waals surface area contributed by atoms with Crippen molar-refractivity contribution in [1.82, 2.24) is 4.68 Å². The van der Waals surface area contributed by atoms with E-state index in [1.807, 2.05) is 12.1 Å². The molecule has 0 unspecified atom stereocenters. The van der Waals surface area contributed by atoms with E-state index in [9.17, 15) is 8.42 Å². The van der Waals surface area contributed by atoms with E-state index >= 15 is 0 Å². The molecule has 0 amide bonds. The Morgan fingerprint density at radius 1 is 1.06 bits per heavy atom. The summed E-state index contributed by atoms with van der Waals surface area (Å²) >= 11 is 0. The van der Waals surface area contributed by atoms with Gasteiger partial charge in [0.25, 0.3) is 0 Å².